The Kier molecular flexibility index (Phi) is 3.47. The average molecular weight is 290 g/mol. The van der Waals surface area contributed by atoms with E-state index in [0.29, 0.717) is 23.7 Å². The molecule has 0 bridgehead atoms. The largest absolute Gasteiger partial charge is 0.492 e. The minimum absolute atomic E-state index is 0.164. The number of pyridine rings is 1. The molecule has 3 heterocycles. The van der Waals surface area contributed by atoms with Gasteiger partial charge in [0.25, 0.3) is 0 Å². The van der Waals surface area contributed by atoms with E-state index in [0.717, 1.165) is 17.4 Å². The van der Waals surface area contributed by atoms with Crippen LogP contribution >= 0.6 is 11.6 Å². The Labute approximate surface area is 120 Å². The van der Waals surface area contributed by atoms with Crippen LogP contribution in [-0.4, -0.2) is 31.8 Å². The lowest BCUT2D eigenvalue weighted by atomic mass is 10.1. The van der Waals surface area contributed by atoms with Gasteiger partial charge in [-0.3, -0.25) is 10.1 Å². The van der Waals surface area contributed by atoms with Gasteiger partial charge >= 0.3 is 0 Å². The van der Waals surface area contributed by atoms with E-state index < -0.39 is 0 Å². The van der Waals surface area contributed by atoms with Gasteiger partial charge in [0.1, 0.15) is 5.75 Å². The number of halogens is 1. The van der Waals surface area contributed by atoms with Crippen molar-refractivity contribution in [2.45, 2.75) is 13.3 Å². The molecule has 1 N–H and O–H groups in total. The fourth-order valence-corrected chi connectivity index (χ4v) is 2.04. The molecule has 3 aromatic rings. The maximum Gasteiger partial charge on any atom is 0.224 e. The zero-order chi connectivity index (χ0) is 13.9. The van der Waals surface area contributed by atoms with Crippen LogP contribution in [0.3, 0.4) is 0 Å². The van der Waals surface area contributed by atoms with Crippen LogP contribution in [-0.2, 0) is 0 Å². The fraction of sp³-hybridized carbons (Fsp3) is 0.231. The Morgan fingerprint density at radius 1 is 1.25 bits per heavy atom. The van der Waals surface area contributed by atoms with Crippen molar-refractivity contribution in [3.05, 3.63) is 29.9 Å². The van der Waals surface area contributed by atoms with Gasteiger partial charge in [0.05, 0.1) is 30.1 Å². The highest BCUT2D eigenvalue weighted by Crippen LogP contribution is 2.27. The number of aromatic nitrogens is 5. The lowest BCUT2D eigenvalue weighted by Gasteiger charge is -2.06. The molecule has 102 valence electrons. The first-order chi connectivity index (χ1) is 9.78. The fourth-order valence-electron chi connectivity index (χ4n) is 1.87. The van der Waals surface area contributed by atoms with Gasteiger partial charge in [-0.05, 0) is 24.1 Å². The van der Waals surface area contributed by atoms with Crippen molar-refractivity contribution in [3.63, 3.8) is 0 Å². The number of hydrogen-bond acceptors (Lipinski definition) is 5. The third-order valence-corrected chi connectivity index (χ3v) is 2.91. The number of aromatic amines is 1. The van der Waals surface area contributed by atoms with Crippen LogP contribution < -0.4 is 4.74 Å². The molecular formula is C13H12ClN5O. The van der Waals surface area contributed by atoms with E-state index in [9.17, 15) is 0 Å². The number of H-pyrrole nitrogens is 1. The normalized spacial score (nSPS) is 10.9. The Morgan fingerprint density at radius 2 is 2.15 bits per heavy atom. The summed E-state index contributed by atoms with van der Waals surface area (Å²) in [5, 5.41) is 7.70. The van der Waals surface area contributed by atoms with Gasteiger partial charge < -0.3 is 4.74 Å². The highest BCUT2D eigenvalue weighted by atomic mass is 35.5. The minimum Gasteiger partial charge on any atom is -0.492 e. The van der Waals surface area contributed by atoms with Crippen molar-refractivity contribution in [1.82, 2.24) is 25.1 Å². The number of nitrogens with one attached hydrogen (secondary N) is 1. The van der Waals surface area contributed by atoms with Gasteiger partial charge in [-0.15, -0.1) is 0 Å². The van der Waals surface area contributed by atoms with E-state index in [1.165, 1.54) is 0 Å². The van der Waals surface area contributed by atoms with Crippen molar-refractivity contribution < 1.29 is 4.74 Å². The first-order valence-electron chi connectivity index (χ1n) is 6.22. The standard InChI is InChI=1S/C13H12ClN5O/c1-2-3-20-9-4-8(5-15-6-9)11-10-7-16-19-12(10)18-13(14)17-11/h4-7H,2-3H2,1H3,(H,16,17,18,19). The molecule has 0 unspecified atom stereocenters. The zero-order valence-electron chi connectivity index (χ0n) is 10.8. The molecule has 0 atom stereocenters. The maximum atomic E-state index is 5.93. The van der Waals surface area contributed by atoms with Crippen molar-refractivity contribution in [1.29, 1.82) is 0 Å². The molecule has 0 saturated heterocycles. The molecule has 0 fully saturated rings. The summed E-state index contributed by atoms with van der Waals surface area (Å²) in [5.41, 5.74) is 2.09. The monoisotopic (exact) mass is 289 g/mol. The molecule has 0 aliphatic carbocycles. The summed E-state index contributed by atoms with van der Waals surface area (Å²) in [4.78, 5) is 12.5. The van der Waals surface area contributed by atoms with Gasteiger partial charge in [-0.25, -0.2) is 4.98 Å². The van der Waals surface area contributed by atoms with Crippen LogP contribution in [0.2, 0.25) is 5.28 Å². The molecule has 0 aliphatic rings. The van der Waals surface area contributed by atoms with E-state index in [4.69, 9.17) is 16.3 Å². The van der Waals surface area contributed by atoms with E-state index in [1.807, 2.05) is 6.07 Å². The van der Waals surface area contributed by atoms with Gasteiger partial charge in [0.15, 0.2) is 5.65 Å². The molecule has 7 heteroatoms. The zero-order valence-corrected chi connectivity index (χ0v) is 11.6. The van der Waals surface area contributed by atoms with E-state index in [2.05, 4.69) is 32.1 Å². The second-order valence-corrected chi connectivity index (χ2v) is 4.57. The molecule has 0 aliphatic heterocycles. The lowest BCUT2D eigenvalue weighted by Crippen LogP contribution is -1.96. The molecule has 3 aromatic heterocycles. The highest BCUT2D eigenvalue weighted by molar-refractivity contribution is 6.28. The summed E-state index contributed by atoms with van der Waals surface area (Å²) < 4.78 is 5.58. The first-order valence-corrected chi connectivity index (χ1v) is 6.60. The van der Waals surface area contributed by atoms with Crippen LogP contribution in [0.5, 0.6) is 5.75 Å². The Balaban J connectivity index is 2.08. The summed E-state index contributed by atoms with van der Waals surface area (Å²) in [6.07, 6.45) is 5.99. The molecule has 0 amide bonds. The third-order valence-electron chi connectivity index (χ3n) is 2.74. The number of nitrogens with zero attached hydrogens (tertiary/aromatic N) is 4. The van der Waals surface area contributed by atoms with Gasteiger partial charge in [0.2, 0.25) is 5.28 Å². The second kappa shape index (κ2) is 5.42. The van der Waals surface area contributed by atoms with E-state index >= 15 is 0 Å². The number of fused-ring (bicyclic) bond motifs is 1. The van der Waals surface area contributed by atoms with Crippen LogP contribution in [0.1, 0.15) is 13.3 Å². The summed E-state index contributed by atoms with van der Waals surface area (Å²) >= 11 is 5.93. The van der Waals surface area contributed by atoms with Crippen molar-refractivity contribution in [3.8, 4) is 17.0 Å². The van der Waals surface area contributed by atoms with Crippen LogP contribution in [0.25, 0.3) is 22.3 Å². The average Bonchev–Trinajstić information content (AvgIpc) is 2.92. The molecule has 0 aromatic carbocycles. The molecule has 0 radical (unpaired) electrons. The van der Waals surface area contributed by atoms with Crippen LogP contribution in [0.15, 0.2) is 24.7 Å². The van der Waals surface area contributed by atoms with Crippen LogP contribution in [0, 0.1) is 0 Å². The number of rotatable bonds is 4. The molecule has 20 heavy (non-hydrogen) atoms. The first kappa shape index (κ1) is 12.8. The van der Waals surface area contributed by atoms with Crippen LogP contribution in [0.4, 0.5) is 0 Å². The van der Waals surface area contributed by atoms with Gasteiger partial charge in [0, 0.05) is 11.8 Å². The van der Waals surface area contributed by atoms with Crippen molar-refractivity contribution >= 4 is 22.6 Å². The molecule has 0 spiro atoms. The second-order valence-electron chi connectivity index (χ2n) is 4.23. The minimum atomic E-state index is 0.164. The Morgan fingerprint density at radius 3 is 3.00 bits per heavy atom. The van der Waals surface area contributed by atoms with Crippen molar-refractivity contribution in [2.75, 3.05) is 6.61 Å². The summed E-state index contributed by atoms with van der Waals surface area (Å²) in [7, 11) is 0. The quantitative estimate of drug-likeness (QED) is 0.747. The van der Waals surface area contributed by atoms with E-state index in [-0.39, 0.29) is 5.28 Å². The molecule has 3 rings (SSSR count). The highest BCUT2D eigenvalue weighted by Gasteiger charge is 2.11. The van der Waals surface area contributed by atoms with Gasteiger partial charge in [-0.1, -0.05) is 6.92 Å². The van der Waals surface area contributed by atoms with E-state index in [1.54, 1.807) is 18.6 Å². The molecule has 0 saturated carbocycles. The maximum absolute atomic E-state index is 5.93. The third kappa shape index (κ3) is 2.42. The number of ether oxygens (including phenoxy) is 1. The SMILES string of the molecule is CCCOc1cncc(-c2nc(Cl)nc3[nH]ncc23)c1. The predicted molar refractivity (Wildman–Crippen MR) is 75.7 cm³/mol. The molecule has 6 nitrogen and oxygen atoms in total. The van der Waals surface area contributed by atoms with Crippen molar-refractivity contribution in [2.24, 2.45) is 0 Å². The summed E-state index contributed by atoms with van der Waals surface area (Å²) in [6, 6.07) is 1.88. The predicted octanol–water partition coefficient (Wildman–Crippen LogP) is 2.86. The Hall–Kier alpha value is -2.21. The smallest absolute Gasteiger partial charge is 0.224 e. The summed E-state index contributed by atoms with van der Waals surface area (Å²) in [5.74, 6) is 0.704. The molecular weight excluding hydrogens is 278 g/mol. The number of hydrogen-bond donors (Lipinski definition) is 1. The topological polar surface area (TPSA) is 76.6 Å². The lowest BCUT2D eigenvalue weighted by molar-refractivity contribution is 0.316. The Bertz CT molecular complexity index is 742. The van der Waals surface area contributed by atoms with Gasteiger partial charge in [-0.2, -0.15) is 10.1 Å². The summed E-state index contributed by atoms with van der Waals surface area (Å²) in [6.45, 7) is 2.70.